The number of ether oxygens (including phenoxy) is 3. The first kappa shape index (κ1) is 12.9. The van der Waals surface area contributed by atoms with Crippen LogP contribution in [0.2, 0.25) is 0 Å². The Hall–Kier alpha value is -0.120. The topological polar surface area (TPSA) is 27.7 Å². The molecule has 0 saturated carbocycles. The van der Waals surface area contributed by atoms with E-state index in [0.717, 1.165) is 32.7 Å². The van der Waals surface area contributed by atoms with E-state index in [1.54, 1.807) is 7.11 Å². The Labute approximate surface area is 93.1 Å². The highest BCUT2D eigenvalue weighted by Gasteiger charge is 2.31. The SMILES string of the molecule is CCOCC1OC(CCCOC)CC1C. The van der Waals surface area contributed by atoms with Crippen LogP contribution in [0.15, 0.2) is 0 Å². The van der Waals surface area contributed by atoms with E-state index in [4.69, 9.17) is 14.2 Å². The van der Waals surface area contributed by atoms with E-state index in [2.05, 4.69) is 6.92 Å². The third kappa shape index (κ3) is 4.49. The van der Waals surface area contributed by atoms with Crippen molar-refractivity contribution in [2.75, 3.05) is 26.9 Å². The third-order valence-electron chi connectivity index (χ3n) is 3.00. The molecule has 0 amide bonds. The van der Waals surface area contributed by atoms with E-state index in [1.165, 1.54) is 6.42 Å². The highest BCUT2D eigenvalue weighted by molar-refractivity contribution is 4.79. The van der Waals surface area contributed by atoms with Crippen molar-refractivity contribution in [2.45, 2.75) is 45.3 Å². The molecule has 0 aliphatic carbocycles. The summed E-state index contributed by atoms with van der Waals surface area (Å²) in [5.74, 6) is 0.629. The van der Waals surface area contributed by atoms with E-state index in [-0.39, 0.29) is 0 Å². The van der Waals surface area contributed by atoms with Crippen LogP contribution >= 0.6 is 0 Å². The number of rotatable bonds is 7. The van der Waals surface area contributed by atoms with Gasteiger partial charge in [-0.25, -0.2) is 0 Å². The van der Waals surface area contributed by atoms with Crippen LogP contribution < -0.4 is 0 Å². The van der Waals surface area contributed by atoms with E-state index in [1.807, 2.05) is 6.92 Å². The average Bonchev–Trinajstić information content (AvgIpc) is 2.57. The maximum atomic E-state index is 5.94. The Kier molecular flexibility index (Phi) is 6.22. The predicted octanol–water partition coefficient (Wildman–Crippen LogP) is 2.24. The number of hydrogen-bond acceptors (Lipinski definition) is 3. The number of methoxy groups -OCH3 is 1. The Morgan fingerprint density at radius 1 is 1.40 bits per heavy atom. The normalized spacial score (nSPS) is 31.0. The largest absolute Gasteiger partial charge is 0.385 e. The van der Waals surface area contributed by atoms with Crippen LogP contribution in [0.25, 0.3) is 0 Å². The van der Waals surface area contributed by atoms with Gasteiger partial charge in [-0.15, -0.1) is 0 Å². The van der Waals surface area contributed by atoms with Crippen LogP contribution in [-0.4, -0.2) is 39.1 Å². The molecule has 1 aliphatic heterocycles. The van der Waals surface area contributed by atoms with Crippen molar-refractivity contribution in [3.63, 3.8) is 0 Å². The highest BCUT2D eigenvalue weighted by atomic mass is 16.5. The standard InChI is InChI=1S/C12H24O3/c1-4-14-9-12-10(2)8-11(15-12)6-5-7-13-3/h10-12H,4-9H2,1-3H3. The molecule has 90 valence electrons. The molecule has 1 rings (SSSR count). The molecule has 0 aromatic heterocycles. The maximum absolute atomic E-state index is 5.94. The van der Waals surface area contributed by atoms with Gasteiger partial charge in [0.15, 0.2) is 0 Å². The fraction of sp³-hybridized carbons (Fsp3) is 1.00. The first-order valence-electron chi connectivity index (χ1n) is 6.00. The zero-order chi connectivity index (χ0) is 11.1. The lowest BCUT2D eigenvalue weighted by molar-refractivity contribution is -0.0254. The maximum Gasteiger partial charge on any atom is 0.0838 e. The fourth-order valence-corrected chi connectivity index (χ4v) is 2.08. The summed E-state index contributed by atoms with van der Waals surface area (Å²) >= 11 is 0. The van der Waals surface area contributed by atoms with Gasteiger partial charge in [-0.05, 0) is 32.1 Å². The van der Waals surface area contributed by atoms with Gasteiger partial charge < -0.3 is 14.2 Å². The van der Waals surface area contributed by atoms with Crippen LogP contribution in [0.4, 0.5) is 0 Å². The van der Waals surface area contributed by atoms with Gasteiger partial charge in [0.1, 0.15) is 0 Å². The van der Waals surface area contributed by atoms with Gasteiger partial charge in [0, 0.05) is 20.3 Å². The summed E-state index contributed by atoms with van der Waals surface area (Å²) in [6, 6.07) is 0. The third-order valence-corrected chi connectivity index (χ3v) is 3.00. The minimum Gasteiger partial charge on any atom is -0.385 e. The van der Waals surface area contributed by atoms with Crippen molar-refractivity contribution in [1.82, 2.24) is 0 Å². The molecule has 0 aromatic carbocycles. The first-order chi connectivity index (χ1) is 7.27. The Morgan fingerprint density at radius 2 is 2.20 bits per heavy atom. The Bertz CT molecular complexity index is 161. The van der Waals surface area contributed by atoms with Crippen LogP contribution in [-0.2, 0) is 14.2 Å². The van der Waals surface area contributed by atoms with Gasteiger partial charge in [-0.3, -0.25) is 0 Å². The minimum absolute atomic E-state index is 0.303. The van der Waals surface area contributed by atoms with Crippen LogP contribution in [0.1, 0.15) is 33.1 Å². The van der Waals surface area contributed by atoms with E-state index < -0.39 is 0 Å². The zero-order valence-corrected chi connectivity index (χ0v) is 10.2. The van der Waals surface area contributed by atoms with Crippen LogP contribution in [0, 0.1) is 5.92 Å². The molecule has 0 N–H and O–H groups in total. The smallest absolute Gasteiger partial charge is 0.0838 e. The first-order valence-corrected chi connectivity index (χ1v) is 6.00. The lowest BCUT2D eigenvalue weighted by atomic mass is 10.0. The summed E-state index contributed by atoms with van der Waals surface area (Å²) in [6.07, 6.45) is 4.09. The fourth-order valence-electron chi connectivity index (χ4n) is 2.08. The second kappa shape index (κ2) is 7.20. The molecule has 3 nitrogen and oxygen atoms in total. The second-order valence-electron chi connectivity index (χ2n) is 4.30. The molecule has 1 heterocycles. The van der Waals surface area contributed by atoms with Crippen LogP contribution in [0.3, 0.4) is 0 Å². The molecule has 3 unspecified atom stereocenters. The zero-order valence-electron chi connectivity index (χ0n) is 10.2. The molecule has 0 aromatic rings. The molecule has 15 heavy (non-hydrogen) atoms. The van der Waals surface area contributed by atoms with Gasteiger partial charge >= 0.3 is 0 Å². The Balaban J connectivity index is 2.16. The minimum atomic E-state index is 0.303. The summed E-state index contributed by atoms with van der Waals surface area (Å²) in [4.78, 5) is 0. The van der Waals surface area contributed by atoms with Crippen molar-refractivity contribution in [3.05, 3.63) is 0 Å². The predicted molar refractivity (Wildman–Crippen MR) is 60.0 cm³/mol. The highest BCUT2D eigenvalue weighted by Crippen LogP contribution is 2.28. The lowest BCUT2D eigenvalue weighted by Crippen LogP contribution is -2.21. The van der Waals surface area contributed by atoms with Crippen molar-refractivity contribution in [3.8, 4) is 0 Å². The van der Waals surface area contributed by atoms with Crippen molar-refractivity contribution >= 4 is 0 Å². The molecule has 0 bridgehead atoms. The quantitative estimate of drug-likeness (QED) is 0.611. The molecule has 3 atom stereocenters. The van der Waals surface area contributed by atoms with E-state index >= 15 is 0 Å². The molecule has 1 aliphatic rings. The number of hydrogen-bond donors (Lipinski definition) is 0. The monoisotopic (exact) mass is 216 g/mol. The van der Waals surface area contributed by atoms with Crippen molar-refractivity contribution in [2.24, 2.45) is 5.92 Å². The van der Waals surface area contributed by atoms with Gasteiger partial charge in [-0.1, -0.05) is 6.92 Å². The molecule has 1 fully saturated rings. The van der Waals surface area contributed by atoms with Gasteiger partial charge in [0.05, 0.1) is 18.8 Å². The van der Waals surface area contributed by atoms with Gasteiger partial charge in [0.25, 0.3) is 0 Å². The molecule has 3 heteroatoms. The van der Waals surface area contributed by atoms with Crippen LogP contribution in [0.5, 0.6) is 0 Å². The molecule has 0 spiro atoms. The van der Waals surface area contributed by atoms with Crippen molar-refractivity contribution in [1.29, 1.82) is 0 Å². The summed E-state index contributed by atoms with van der Waals surface area (Å²) in [5.41, 5.74) is 0. The molecule has 0 radical (unpaired) electrons. The van der Waals surface area contributed by atoms with Gasteiger partial charge in [0.2, 0.25) is 0 Å². The Morgan fingerprint density at radius 3 is 2.87 bits per heavy atom. The average molecular weight is 216 g/mol. The summed E-state index contributed by atoms with van der Waals surface area (Å²) in [7, 11) is 1.75. The summed E-state index contributed by atoms with van der Waals surface area (Å²) in [5, 5.41) is 0. The molecular formula is C12H24O3. The van der Waals surface area contributed by atoms with Crippen molar-refractivity contribution < 1.29 is 14.2 Å². The van der Waals surface area contributed by atoms with Gasteiger partial charge in [-0.2, -0.15) is 0 Å². The van der Waals surface area contributed by atoms with E-state index in [0.29, 0.717) is 18.1 Å². The summed E-state index contributed by atoms with van der Waals surface area (Å²) < 4.78 is 16.4. The summed E-state index contributed by atoms with van der Waals surface area (Å²) in [6.45, 7) is 6.64. The molecule has 1 saturated heterocycles. The van der Waals surface area contributed by atoms with E-state index in [9.17, 15) is 0 Å². The molecular weight excluding hydrogens is 192 g/mol. The lowest BCUT2D eigenvalue weighted by Gasteiger charge is -2.15. The second-order valence-corrected chi connectivity index (χ2v) is 4.30.